The van der Waals surface area contributed by atoms with Gasteiger partial charge in [0.15, 0.2) is 0 Å². The highest BCUT2D eigenvalue weighted by Crippen LogP contribution is 2.48. The van der Waals surface area contributed by atoms with Crippen LogP contribution in [-0.4, -0.2) is 35.0 Å². The van der Waals surface area contributed by atoms with E-state index in [4.69, 9.17) is 4.74 Å². The summed E-state index contributed by atoms with van der Waals surface area (Å²) in [5, 5.41) is 19.3. The van der Waals surface area contributed by atoms with Crippen LogP contribution < -0.4 is 4.74 Å². The van der Waals surface area contributed by atoms with E-state index in [1.54, 1.807) is 21.0 Å². The lowest BCUT2D eigenvalue weighted by atomic mass is 9.59. The first kappa shape index (κ1) is 15.9. The lowest BCUT2D eigenvalue weighted by Gasteiger charge is -2.45. The molecule has 0 amide bonds. The quantitative estimate of drug-likeness (QED) is 0.932. The Morgan fingerprint density at radius 3 is 2.52 bits per heavy atom. The molecule has 0 bridgehead atoms. The molecule has 1 N–H and O–H groups in total. The van der Waals surface area contributed by atoms with Crippen molar-refractivity contribution in [3.8, 4) is 5.75 Å². The van der Waals surface area contributed by atoms with E-state index < -0.39 is 11.5 Å². The molecule has 0 saturated heterocycles. The largest absolute Gasteiger partial charge is 0.497 e. The van der Waals surface area contributed by atoms with Crippen LogP contribution in [0, 0.1) is 11.8 Å². The minimum atomic E-state index is -1.12. The first-order chi connectivity index (χ1) is 10.8. The number of methoxy groups -OCH3 is 1. The monoisotopic (exact) mass is 314 g/mol. The van der Waals surface area contributed by atoms with Gasteiger partial charge in [-0.3, -0.25) is 4.79 Å². The molecule has 1 heterocycles. The fraction of sp³-hybridized carbons (Fsp3) is 0.500. The second-order valence-electron chi connectivity index (χ2n) is 6.73. The molecule has 1 aliphatic heterocycles. The number of ketones is 1. The molecule has 2 aliphatic rings. The number of carbonyl (C=O) groups is 1. The molecular formula is C18H22N2O3. The van der Waals surface area contributed by atoms with E-state index in [0.29, 0.717) is 6.42 Å². The lowest BCUT2D eigenvalue weighted by molar-refractivity contribution is -0.131. The Morgan fingerprint density at radius 1 is 1.30 bits per heavy atom. The smallest absolute Gasteiger partial charge is 0.136 e. The maximum atomic E-state index is 12.4. The molecule has 0 radical (unpaired) electrons. The van der Waals surface area contributed by atoms with Crippen LogP contribution >= 0.6 is 0 Å². The molecule has 1 fully saturated rings. The van der Waals surface area contributed by atoms with Gasteiger partial charge >= 0.3 is 0 Å². The van der Waals surface area contributed by atoms with Gasteiger partial charge in [-0.25, -0.2) is 0 Å². The normalized spacial score (nSPS) is 32.8. The zero-order valence-electron chi connectivity index (χ0n) is 13.9. The van der Waals surface area contributed by atoms with E-state index in [9.17, 15) is 9.90 Å². The van der Waals surface area contributed by atoms with Crippen LogP contribution in [0.1, 0.15) is 38.7 Å². The van der Waals surface area contributed by atoms with Crippen molar-refractivity contribution >= 4 is 17.2 Å². The molecular weight excluding hydrogens is 292 g/mol. The number of fused-ring (bicyclic) bond motifs is 1. The van der Waals surface area contributed by atoms with Crippen LogP contribution in [0.4, 0.5) is 0 Å². The number of rotatable bonds is 3. The number of carbonyl (C=O) groups excluding carboxylic acids is 1. The molecule has 1 aromatic rings. The molecule has 4 atom stereocenters. The van der Waals surface area contributed by atoms with E-state index in [-0.39, 0.29) is 17.6 Å². The van der Waals surface area contributed by atoms with Crippen molar-refractivity contribution in [2.45, 2.75) is 38.7 Å². The van der Waals surface area contributed by atoms with Gasteiger partial charge in [-0.05, 0) is 38.5 Å². The zero-order chi connectivity index (χ0) is 16.8. The summed E-state index contributed by atoms with van der Waals surface area (Å²) in [6.07, 6.45) is 0.384. The zero-order valence-corrected chi connectivity index (χ0v) is 13.9. The topological polar surface area (TPSA) is 71.2 Å². The highest BCUT2D eigenvalue weighted by Gasteiger charge is 2.53. The summed E-state index contributed by atoms with van der Waals surface area (Å²) in [6, 6.07) is 7.69. The van der Waals surface area contributed by atoms with Gasteiger partial charge in [0.25, 0.3) is 0 Å². The summed E-state index contributed by atoms with van der Waals surface area (Å²) in [7, 11) is 1.62. The molecule has 3 rings (SSSR count). The lowest BCUT2D eigenvalue weighted by Crippen LogP contribution is -2.53. The van der Waals surface area contributed by atoms with Crippen molar-refractivity contribution in [3.05, 3.63) is 29.8 Å². The molecule has 1 aliphatic carbocycles. The van der Waals surface area contributed by atoms with E-state index in [1.807, 2.05) is 31.2 Å². The van der Waals surface area contributed by atoms with Crippen molar-refractivity contribution in [3.63, 3.8) is 0 Å². The van der Waals surface area contributed by atoms with E-state index in [1.165, 1.54) is 0 Å². The van der Waals surface area contributed by atoms with Crippen molar-refractivity contribution in [1.82, 2.24) is 0 Å². The molecule has 1 saturated carbocycles. The van der Waals surface area contributed by atoms with Crippen LogP contribution in [0.3, 0.4) is 0 Å². The van der Waals surface area contributed by atoms with Gasteiger partial charge in [-0.1, -0.05) is 12.1 Å². The Morgan fingerprint density at radius 2 is 1.96 bits per heavy atom. The van der Waals surface area contributed by atoms with E-state index in [2.05, 4.69) is 10.2 Å². The molecule has 5 heteroatoms. The van der Waals surface area contributed by atoms with Gasteiger partial charge in [0, 0.05) is 24.0 Å². The van der Waals surface area contributed by atoms with Gasteiger partial charge in [-0.2, -0.15) is 10.2 Å². The Labute approximate surface area is 136 Å². The summed E-state index contributed by atoms with van der Waals surface area (Å²) in [5.41, 5.74) is 1.65. The summed E-state index contributed by atoms with van der Waals surface area (Å²) in [6.45, 7) is 5.22. The van der Waals surface area contributed by atoms with Gasteiger partial charge in [0.05, 0.1) is 24.3 Å². The SMILES string of the molecule is COc1ccc([C@H]2[C@H]3C(C)=NN=C3C[C@](C)(O)[C@H]2C(C)=O)cc1. The maximum Gasteiger partial charge on any atom is 0.136 e. The van der Waals surface area contributed by atoms with Crippen molar-refractivity contribution < 1.29 is 14.6 Å². The number of nitrogens with zero attached hydrogens (tertiary/aromatic N) is 2. The minimum Gasteiger partial charge on any atom is -0.497 e. The molecule has 1 aromatic carbocycles. The third-order valence-electron chi connectivity index (χ3n) is 5.01. The highest BCUT2D eigenvalue weighted by molar-refractivity contribution is 6.12. The van der Waals surface area contributed by atoms with E-state index in [0.717, 1.165) is 22.7 Å². The summed E-state index contributed by atoms with van der Waals surface area (Å²) < 4.78 is 5.22. The van der Waals surface area contributed by atoms with Gasteiger partial charge in [-0.15, -0.1) is 0 Å². The average Bonchev–Trinajstić information content (AvgIpc) is 2.85. The van der Waals surface area contributed by atoms with Crippen molar-refractivity contribution in [1.29, 1.82) is 0 Å². The van der Waals surface area contributed by atoms with Crippen molar-refractivity contribution in [2.75, 3.05) is 7.11 Å². The fourth-order valence-corrected chi connectivity index (χ4v) is 4.08. The standard InChI is InChI=1S/C18H22N2O3/c1-10-15-14(20-19-10)9-18(3,22)17(11(2)21)16(15)12-5-7-13(23-4)8-6-12/h5-8,15-17,22H,9H2,1-4H3/t15-,16-,17-,18-/m0/s1. The third kappa shape index (κ3) is 2.59. The van der Waals surface area contributed by atoms with Crippen LogP contribution in [0.15, 0.2) is 34.5 Å². The number of hydrogen-bond acceptors (Lipinski definition) is 5. The molecule has 0 aromatic heterocycles. The van der Waals surface area contributed by atoms with Crippen LogP contribution in [0.2, 0.25) is 0 Å². The number of hydrogen-bond donors (Lipinski definition) is 1. The van der Waals surface area contributed by atoms with Gasteiger partial charge < -0.3 is 9.84 Å². The molecule has 122 valence electrons. The Balaban J connectivity index is 2.11. The highest BCUT2D eigenvalue weighted by atomic mass is 16.5. The summed E-state index contributed by atoms with van der Waals surface area (Å²) in [4.78, 5) is 12.4. The maximum absolute atomic E-state index is 12.4. The number of benzene rings is 1. The van der Waals surface area contributed by atoms with Crippen LogP contribution in [0.5, 0.6) is 5.75 Å². The second kappa shape index (κ2) is 5.57. The first-order valence-electron chi connectivity index (χ1n) is 7.83. The molecule has 23 heavy (non-hydrogen) atoms. The molecule has 0 spiro atoms. The van der Waals surface area contributed by atoms with Gasteiger partial charge in [0.1, 0.15) is 11.5 Å². The number of Topliss-reactive ketones (excluding diaryl/α,β-unsaturated/α-hetero) is 1. The number of ether oxygens (including phenoxy) is 1. The summed E-state index contributed by atoms with van der Waals surface area (Å²) >= 11 is 0. The number of aliphatic hydroxyl groups is 1. The Hall–Kier alpha value is -2.01. The minimum absolute atomic E-state index is 0.00503. The third-order valence-corrected chi connectivity index (χ3v) is 5.01. The van der Waals surface area contributed by atoms with Crippen molar-refractivity contribution in [2.24, 2.45) is 22.0 Å². The molecule has 0 unspecified atom stereocenters. The predicted octanol–water partition coefficient (Wildman–Crippen LogP) is 2.59. The summed E-state index contributed by atoms with van der Waals surface area (Å²) in [5.74, 6) is 0.101. The second-order valence-corrected chi connectivity index (χ2v) is 6.73. The predicted molar refractivity (Wildman–Crippen MR) is 89.2 cm³/mol. The van der Waals surface area contributed by atoms with Crippen LogP contribution in [0.25, 0.3) is 0 Å². The molecule has 5 nitrogen and oxygen atoms in total. The van der Waals surface area contributed by atoms with Gasteiger partial charge in [0.2, 0.25) is 0 Å². The Bertz CT molecular complexity index is 689. The average molecular weight is 314 g/mol. The van der Waals surface area contributed by atoms with Crippen LogP contribution in [-0.2, 0) is 4.79 Å². The fourth-order valence-electron chi connectivity index (χ4n) is 4.08. The Kier molecular flexibility index (Phi) is 3.84. The first-order valence-corrected chi connectivity index (χ1v) is 7.83. The van der Waals surface area contributed by atoms with E-state index >= 15 is 0 Å².